The molecule has 5 rings (SSSR count). The molecule has 4 nitrogen and oxygen atoms in total. The molecule has 0 atom stereocenters. The van der Waals surface area contributed by atoms with Crippen molar-refractivity contribution in [1.29, 1.82) is 0 Å². The summed E-state index contributed by atoms with van der Waals surface area (Å²) < 4.78 is 24.9. The van der Waals surface area contributed by atoms with Crippen molar-refractivity contribution in [3.63, 3.8) is 0 Å². The zero-order chi connectivity index (χ0) is 20.3. The number of aromatic nitrogens is 1. The topological polar surface area (TPSA) is 38.5 Å². The van der Waals surface area contributed by atoms with Crippen LogP contribution in [0.1, 0.15) is 28.9 Å². The van der Waals surface area contributed by atoms with Gasteiger partial charge in [0, 0.05) is 43.3 Å². The van der Waals surface area contributed by atoms with Crippen LogP contribution in [0.15, 0.2) is 65.0 Å². The monoisotopic (exact) mass is 402 g/mol. The van der Waals surface area contributed by atoms with Gasteiger partial charge in [0.25, 0.3) is 0 Å². The number of nitrogens with zero attached hydrogens (tertiary/aromatic N) is 2. The maximum Gasteiger partial charge on any atom is 0.170 e. The van der Waals surface area contributed by atoms with E-state index in [1.807, 2.05) is 30.3 Å². The highest BCUT2D eigenvalue weighted by atomic mass is 19.1. The molecular weight excluding hydrogens is 379 g/mol. The minimum absolute atomic E-state index is 0.228. The second-order valence-corrected chi connectivity index (χ2v) is 7.67. The Bertz CT molecular complexity index is 1100. The van der Waals surface area contributed by atoms with Gasteiger partial charge in [-0.05, 0) is 41.8 Å². The Morgan fingerprint density at radius 2 is 1.90 bits per heavy atom. The molecule has 0 saturated carbocycles. The highest BCUT2D eigenvalue weighted by Crippen LogP contribution is 2.31. The number of allylic oxidation sites excluding steroid dienone is 2. The van der Waals surface area contributed by atoms with Crippen LogP contribution in [0.5, 0.6) is 5.75 Å². The standard InChI is InChI=1S/C25H23FN2O2/c26-21-6-3-7-23-24(16-21)30-27-25(23)19-8-10-22(11-9-19)29-15-14-28-13-12-18-4-1-2-5-20(18)17-28/h1-5,7-11,16H,6,12-15,17H2. The van der Waals surface area contributed by atoms with Crippen LogP contribution in [0.4, 0.5) is 4.39 Å². The summed E-state index contributed by atoms with van der Waals surface area (Å²) in [5.41, 5.74) is 5.32. The molecular formula is C25H23FN2O2. The van der Waals surface area contributed by atoms with Crippen molar-refractivity contribution in [3.8, 4) is 17.0 Å². The predicted octanol–water partition coefficient (Wildman–Crippen LogP) is 5.51. The van der Waals surface area contributed by atoms with Gasteiger partial charge in [-0.15, -0.1) is 0 Å². The fourth-order valence-corrected chi connectivity index (χ4v) is 4.02. The Morgan fingerprint density at radius 1 is 1.07 bits per heavy atom. The summed E-state index contributed by atoms with van der Waals surface area (Å²) >= 11 is 0. The number of fused-ring (bicyclic) bond motifs is 2. The SMILES string of the molecule is FC1=Cc2onc(-c3ccc(OCCN4CCc5ccccc5C4)cc3)c2C=CC1. The van der Waals surface area contributed by atoms with E-state index in [-0.39, 0.29) is 12.2 Å². The van der Waals surface area contributed by atoms with Crippen molar-refractivity contribution in [2.75, 3.05) is 19.7 Å². The average Bonchev–Trinajstić information content (AvgIpc) is 3.06. The average molecular weight is 402 g/mol. The van der Waals surface area contributed by atoms with Crippen LogP contribution in [0.2, 0.25) is 0 Å². The van der Waals surface area contributed by atoms with Crippen LogP contribution >= 0.6 is 0 Å². The molecule has 0 unspecified atom stereocenters. The van der Waals surface area contributed by atoms with E-state index in [0.717, 1.165) is 42.9 Å². The van der Waals surface area contributed by atoms with Crippen LogP contribution in [0.3, 0.4) is 0 Å². The molecule has 0 N–H and O–H groups in total. The maximum absolute atomic E-state index is 13.6. The number of hydrogen-bond acceptors (Lipinski definition) is 4. The fourth-order valence-electron chi connectivity index (χ4n) is 4.02. The van der Waals surface area contributed by atoms with E-state index in [9.17, 15) is 4.39 Å². The third-order valence-electron chi connectivity index (χ3n) is 5.65. The second-order valence-electron chi connectivity index (χ2n) is 7.67. The number of ether oxygens (including phenoxy) is 1. The molecule has 0 amide bonds. The lowest BCUT2D eigenvalue weighted by Gasteiger charge is -2.28. The summed E-state index contributed by atoms with van der Waals surface area (Å²) in [5.74, 6) is 1.06. The molecule has 1 aliphatic heterocycles. The van der Waals surface area contributed by atoms with E-state index >= 15 is 0 Å². The molecule has 1 aromatic heterocycles. The Labute approximate surface area is 175 Å². The van der Waals surface area contributed by atoms with E-state index in [1.165, 1.54) is 17.2 Å². The van der Waals surface area contributed by atoms with Gasteiger partial charge in [0.1, 0.15) is 23.9 Å². The largest absolute Gasteiger partial charge is 0.492 e. The molecule has 0 bridgehead atoms. The van der Waals surface area contributed by atoms with Gasteiger partial charge in [-0.2, -0.15) is 0 Å². The molecule has 0 spiro atoms. The third-order valence-corrected chi connectivity index (χ3v) is 5.65. The molecule has 0 fully saturated rings. The van der Waals surface area contributed by atoms with Crippen LogP contribution < -0.4 is 4.74 Å². The second kappa shape index (κ2) is 8.28. The van der Waals surface area contributed by atoms with Gasteiger partial charge < -0.3 is 9.26 Å². The molecule has 0 radical (unpaired) electrons. The molecule has 2 aliphatic rings. The van der Waals surface area contributed by atoms with Gasteiger partial charge in [-0.3, -0.25) is 4.90 Å². The molecule has 152 valence electrons. The minimum Gasteiger partial charge on any atom is -0.492 e. The van der Waals surface area contributed by atoms with Gasteiger partial charge in [0.2, 0.25) is 0 Å². The first-order chi connectivity index (χ1) is 14.8. The number of benzene rings is 2. The van der Waals surface area contributed by atoms with Crippen molar-refractivity contribution in [1.82, 2.24) is 10.1 Å². The predicted molar refractivity (Wildman–Crippen MR) is 116 cm³/mol. The Morgan fingerprint density at radius 3 is 2.77 bits per heavy atom. The summed E-state index contributed by atoms with van der Waals surface area (Å²) in [7, 11) is 0. The minimum atomic E-state index is -0.228. The van der Waals surface area contributed by atoms with Gasteiger partial charge in [0.15, 0.2) is 5.76 Å². The fraction of sp³-hybridized carbons (Fsp3) is 0.240. The van der Waals surface area contributed by atoms with Gasteiger partial charge >= 0.3 is 0 Å². The van der Waals surface area contributed by atoms with Gasteiger partial charge in [-0.25, -0.2) is 4.39 Å². The molecule has 2 aromatic carbocycles. The van der Waals surface area contributed by atoms with Crippen LogP contribution in [-0.2, 0) is 13.0 Å². The highest BCUT2D eigenvalue weighted by Gasteiger charge is 2.17. The molecule has 5 heteroatoms. The van der Waals surface area contributed by atoms with Crippen molar-refractivity contribution >= 4 is 12.2 Å². The van der Waals surface area contributed by atoms with E-state index in [0.29, 0.717) is 18.1 Å². The molecule has 2 heterocycles. The number of hydrogen-bond donors (Lipinski definition) is 0. The smallest absolute Gasteiger partial charge is 0.170 e. The Balaban J connectivity index is 1.20. The highest BCUT2D eigenvalue weighted by molar-refractivity contribution is 5.78. The van der Waals surface area contributed by atoms with E-state index < -0.39 is 0 Å². The quantitative estimate of drug-likeness (QED) is 0.564. The van der Waals surface area contributed by atoms with E-state index in [2.05, 4.69) is 34.3 Å². The summed E-state index contributed by atoms with van der Waals surface area (Å²) in [4.78, 5) is 2.43. The lowest BCUT2D eigenvalue weighted by molar-refractivity contribution is 0.196. The van der Waals surface area contributed by atoms with Crippen molar-refractivity contribution in [2.45, 2.75) is 19.4 Å². The Kier molecular flexibility index (Phi) is 5.20. The summed E-state index contributed by atoms with van der Waals surface area (Å²) in [6.45, 7) is 3.60. The Hall–Kier alpha value is -3.18. The van der Waals surface area contributed by atoms with Crippen LogP contribution in [0.25, 0.3) is 23.4 Å². The van der Waals surface area contributed by atoms with E-state index in [4.69, 9.17) is 9.26 Å². The van der Waals surface area contributed by atoms with Crippen LogP contribution in [0, 0.1) is 0 Å². The lowest BCUT2D eigenvalue weighted by Crippen LogP contribution is -2.33. The number of rotatable bonds is 5. The normalized spacial score (nSPS) is 15.8. The molecule has 30 heavy (non-hydrogen) atoms. The molecule has 3 aromatic rings. The van der Waals surface area contributed by atoms with E-state index in [1.54, 1.807) is 6.08 Å². The van der Waals surface area contributed by atoms with Crippen molar-refractivity contribution < 1.29 is 13.7 Å². The first-order valence-corrected chi connectivity index (χ1v) is 10.3. The summed E-state index contributed by atoms with van der Waals surface area (Å²) in [6, 6.07) is 16.5. The van der Waals surface area contributed by atoms with Crippen molar-refractivity contribution in [2.24, 2.45) is 0 Å². The first-order valence-electron chi connectivity index (χ1n) is 10.3. The summed E-state index contributed by atoms with van der Waals surface area (Å²) in [6.07, 6.45) is 6.43. The van der Waals surface area contributed by atoms with Crippen molar-refractivity contribution in [3.05, 3.63) is 82.9 Å². The molecule has 0 saturated heterocycles. The zero-order valence-electron chi connectivity index (χ0n) is 16.7. The first kappa shape index (κ1) is 18.8. The molecule has 1 aliphatic carbocycles. The zero-order valence-corrected chi connectivity index (χ0v) is 16.7. The van der Waals surface area contributed by atoms with Crippen LogP contribution in [-0.4, -0.2) is 29.8 Å². The van der Waals surface area contributed by atoms with Gasteiger partial charge in [-0.1, -0.05) is 41.6 Å². The van der Waals surface area contributed by atoms with Gasteiger partial charge in [0.05, 0.1) is 0 Å². The lowest BCUT2D eigenvalue weighted by atomic mass is 10.0. The maximum atomic E-state index is 13.6. The summed E-state index contributed by atoms with van der Waals surface area (Å²) in [5, 5.41) is 4.13. The number of halogens is 1. The third kappa shape index (κ3) is 3.94.